The lowest BCUT2D eigenvalue weighted by molar-refractivity contribution is -0.136. The molecule has 1 aromatic carbocycles. The highest BCUT2D eigenvalue weighted by molar-refractivity contribution is 6.42. The topological polar surface area (TPSA) is 55.7 Å². The maximum Gasteiger partial charge on any atom is 0.337 e. The van der Waals surface area contributed by atoms with Gasteiger partial charge in [0.05, 0.1) is 27.2 Å². The first kappa shape index (κ1) is 14.0. The van der Waals surface area contributed by atoms with Gasteiger partial charge in [-0.3, -0.25) is 9.79 Å². The van der Waals surface area contributed by atoms with E-state index in [0.29, 0.717) is 34.2 Å². The van der Waals surface area contributed by atoms with E-state index < -0.39 is 5.97 Å². The summed E-state index contributed by atoms with van der Waals surface area (Å²) < 4.78 is 5.12. The SMILES string of the molecule is O=C1OCC2=C1[C@H](c1ccc(Cl)c(Cl)c1)C1C(=O)CCC1=N2. The van der Waals surface area contributed by atoms with Gasteiger partial charge < -0.3 is 4.74 Å². The van der Waals surface area contributed by atoms with E-state index in [1.807, 2.05) is 6.07 Å². The fraction of sp³-hybridized carbons (Fsp3) is 0.312. The predicted octanol–water partition coefficient (Wildman–Crippen LogP) is 3.32. The number of halogens is 2. The minimum atomic E-state index is -0.395. The number of hydrogen-bond acceptors (Lipinski definition) is 4. The molecule has 0 radical (unpaired) electrons. The number of hydrogen-bond donors (Lipinski definition) is 0. The number of ether oxygens (including phenoxy) is 1. The Labute approximate surface area is 136 Å². The Bertz CT molecular complexity index is 782. The molecule has 0 bridgehead atoms. The molecule has 6 heteroatoms. The Hall–Kier alpha value is -1.65. The standard InChI is InChI=1S/C16H11Cl2NO3/c17-8-2-1-7(5-9(8)18)13-14-10(3-4-12(14)20)19-11-6-22-16(21)15(11)13/h1-2,5,13-14H,3-4,6H2/t13-,14?/m1/s1. The number of nitrogens with zero attached hydrogens (tertiary/aromatic N) is 1. The van der Waals surface area contributed by atoms with E-state index in [9.17, 15) is 9.59 Å². The molecule has 2 atom stereocenters. The second-order valence-electron chi connectivity index (χ2n) is 5.63. The number of carbonyl (C=O) groups excluding carboxylic acids is 2. The van der Waals surface area contributed by atoms with E-state index >= 15 is 0 Å². The van der Waals surface area contributed by atoms with Crippen LogP contribution in [0.5, 0.6) is 0 Å². The number of aliphatic imine (C=N–C) groups is 1. The second-order valence-corrected chi connectivity index (χ2v) is 6.45. The summed E-state index contributed by atoms with van der Waals surface area (Å²) in [5.41, 5.74) is 2.77. The quantitative estimate of drug-likeness (QED) is 0.739. The highest BCUT2D eigenvalue weighted by atomic mass is 35.5. The fourth-order valence-corrected chi connectivity index (χ4v) is 3.77. The molecule has 22 heavy (non-hydrogen) atoms. The molecular formula is C16H11Cl2NO3. The van der Waals surface area contributed by atoms with Gasteiger partial charge in [-0.05, 0) is 24.1 Å². The molecule has 1 aliphatic carbocycles. The summed E-state index contributed by atoms with van der Waals surface area (Å²) in [5.74, 6) is -1.04. The van der Waals surface area contributed by atoms with Crippen molar-refractivity contribution in [3.8, 4) is 0 Å². The maximum atomic E-state index is 12.3. The number of esters is 1. The van der Waals surface area contributed by atoms with Crippen molar-refractivity contribution in [2.24, 2.45) is 10.9 Å². The molecule has 0 N–H and O–H groups in total. The number of carbonyl (C=O) groups is 2. The molecule has 0 spiro atoms. The lowest BCUT2D eigenvalue weighted by Crippen LogP contribution is -2.29. The number of fused-ring (bicyclic) bond motifs is 1. The van der Waals surface area contributed by atoms with Crippen molar-refractivity contribution in [1.29, 1.82) is 0 Å². The summed E-state index contributed by atoms with van der Waals surface area (Å²) in [6.45, 7) is 0.177. The summed E-state index contributed by atoms with van der Waals surface area (Å²) >= 11 is 12.1. The summed E-state index contributed by atoms with van der Waals surface area (Å²) in [5, 5.41) is 0.846. The Morgan fingerprint density at radius 1 is 1.09 bits per heavy atom. The lowest BCUT2D eigenvalue weighted by atomic mass is 9.76. The van der Waals surface area contributed by atoms with Crippen molar-refractivity contribution in [2.45, 2.75) is 18.8 Å². The van der Waals surface area contributed by atoms with Crippen molar-refractivity contribution < 1.29 is 14.3 Å². The van der Waals surface area contributed by atoms with E-state index in [-0.39, 0.29) is 24.2 Å². The van der Waals surface area contributed by atoms with E-state index in [0.717, 1.165) is 11.3 Å². The lowest BCUT2D eigenvalue weighted by Gasteiger charge is -2.27. The first-order chi connectivity index (χ1) is 10.6. The molecular weight excluding hydrogens is 325 g/mol. The zero-order chi connectivity index (χ0) is 15.4. The van der Waals surface area contributed by atoms with Crippen molar-refractivity contribution in [3.63, 3.8) is 0 Å². The third kappa shape index (κ3) is 1.94. The summed E-state index contributed by atoms with van der Waals surface area (Å²) in [6, 6.07) is 5.22. The number of benzene rings is 1. The zero-order valence-corrected chi connectivity index (χ0v) is 12.9. The van der Waals surface area contributed by atoms with E-state index in [2.05, 4.69) is 4.99 Å². The molecule has 1 fully saturated rings. The van der Waals surface area contributed by atoms with Gasteiger partial charge in [-0.2, -0.15) is 0 Å². The Morgan fingerprint density at radius 2 is 1.91 bits per heavy atom. The molecule has 1 unspecified atom stereocenters. The second kappa shape index (κ2) is 4.93. The molecule has 2 heterocycles. The number of ketones is 1. The van der Waals surface area contributed by atoms with Crippen LogP contribution in [0.15, 0.2) is 34.5 Å². The highest BCUT2D eigenvalue weighted by Gasteiger charge is 2.47. The predicted molar refractivity (Wildman–Crippen MR) is 82.4 cm³/mol. The van der Waals surface area contributed by atoms with Crippen LogP contribution in [0.3, 0.4) is 0 Å². The highest BCUT2D eigenvalue weighted by Crippen LogP contribution is 2.46. The van der Waals surface area contributed by atoms with Crippen LogP contribution in [-0.4, -0.2) is 24.1 Å². The monoisotopic (exact) mass is 335 g/mol. The van der Waals surface area contributed by atoms with Crippen molar-refractivity contribution in [2.75, 3.05) is 6.61 Å². The summed E-state index contributed by atoms with van der Waals surface area (Å²) in [4.78, 5) is 28.9. The van der Waals surface area contributed by atoms with Crippen LogP contribution >= 0.6 is 23.2 Å². The van der Waals surface area contributed by atoms with Gasteiger partial charge in [0.1, 0.15) is 12.4 Å². The summed E-state index contributed by atoms with van der Waals surface area (Å²) in [7, 11) is 0. The molecule has 1 saturated carbocycles. The number of rotatable bonds is 1. The van der Waals surface area contributed by atoms with Gasteiger partial charge >= 0.3 is 5.97 Å². The average Bonchev–Trinajstić information content (AvgIpc) is 3.05. The molecule has 3 aliphatic rings. The molecule has 0 saturated heterocycles. The molecule has 4 rings (SSSR count). The van der Waals surface area contributed by atoms with E-state index in [1.54, 1.807) is 12.1 Å². The van der Waals surface area contributed by atoms with Gasteiger partial charge in [0, 0.05) is 18.1 Å². The van der Waals surface area contributed by atoms with E-state index in [4.69, 9.17) is 27.9 Å². The minimum Gasteiger partial charge on any atom is -0.456 e. The molecule has 1 aromatic rings. The largest absolute Gasteiger partial charge is 0.456 e. The molecule has 0 amide bonds. The van der Waals surface area contributed by atoms with Crippen LogP contribution in [0.1, 0.15) is 24.3 Å². The first-order valence-electron chi connectivity index (χ1n) is 7.01. The van der Waals surface area contributed by atoms with Crippen LogP contribution in [0.25, 0.3) is 0 Å². The average molecular weight is 336 g/mol. The van der Waals surface area contributed by atoms with Gasteiger partial charge in [0.25, 0.3) is 0 Å². The third-order valence-electron chi connectivity index (χ3n) is 4.43. The maximum absolute atomic E-state index is 12.3. The van der Waals surface area contributed by atoms with Crippen LogP contribution in [0, 0.1) is 5.92 Å². The van der Waals surface area contributed by atoms with Gasteiger partial charge in [-0.1, -0.05) is 29.3 Å². The Kier molecular flexibility index (Phi) is 3.13. The van der Waals surface area contributed by atoms with Gasteiger partial charge in [-0.25, -0.2) is 4.79 Å². The summed E-state index contributed by atoms with van der Waals surface area (Å²) in [6.07, 6.45) is 1.11. The van der Waals surface area contributed by atoms with Crippen molar-refractivity contribution in [1.82, 2.24) is 0 Å². The Morgan fingerprint density at radius 3 is 2.68 bits per heavy atom. The van der Waals surface area contributed by atoms with Crippen LogP contribution < -0.4 is 0 Å². The van der Waals surface area contributed by atoms with Gasteiger partial charge in [-0.15, -0.1) is 0 Å². The first-order valence-corrected chi connectivity index (χ1v) is 7.77. The Balaban J connectivity index is 1.90. The normalized spacial score (nSPS) is 26.7. The zero-order valence-electron chi connectivity index (χ0n) is 11.4. The van der Waals surface area contributed by atoms with Crippen LogP contribution in [-0.2, 0) is 14.3 Å². The third-order valence-corrected chi connectivity index (χ3v) is 5.17. The van der Waals surface area contributed by atoms with Gasteiger partial charge in [0.2, 0.25) is 0 Å². The molecule has 112 valence electrons. The van der Waals surface area contributed by atoms with Crippen molar-refractivity contribution >= 4 is 40.7 Å². The number of cyclic esters (lactones) is 1. The molecule has 2 aliphatic heterocycles. The van der Waals surface area contributed by atoms with Crippen molar-refractivity contribution in [3.05, 3.63) is 45.1 Å². The van der Waals surface area contributed by atoms with Crippen LogP contribution in [0.2, 0.25) is 10.0 Å². The fourth-order valence-electron chi connectivity index (χ4n) is 3.46. The van der Waals surface area contributed by atoms with Crippen LogP contribution in [0.4, 0.5) is 0 Å². The smallest absolute Gasteiger partial charge is 0.337 e. The number of Topliss-reactive ketones (excluding diaryl/α,β-unsaturated/α-hetero) is 1. The van der Waals surface area contributed by atoms with E-state index in [1.165, 1.54) is 0 Å². The van der Waals surface area contributed by atoms with Gasteiger partial charge in [0.15, 0.2) is 0 Å². The molecule has 4 nitrogen and oxygen atoms in total. The molecule has 0 aromatic heterocycles. The minimum absolute atomic E-state index is 0.112.